The molecule has 2 heterocycles. The lowest BCUT2D eigenvalue weighted by molar-refractivity contribution is 0.318. The fourth-order valence-corrected chi connectivity index (χ4v) is 4.05. The van der Waals surface area contributed by atoms with Gasteiger partial charge in [0, 0.05) is 23.9 Å². The van der Waals surface area contributed by atoms with E-state index in [-0.39, 0.29) is 5.41 Å². The molecule has 0 bridgehead atoms. The highest BCUT2D eigenvalue weighted by atomic mass is 16.3. The van der Waals surface area contributed by atoms with E-state index in [0.29, 0.717) is 5.75 Å². The number of imidazole rings is 1. The van der Waals surface area contributed by atoms with Crippen molar-refractivity contribution >= 4 is 0 Å². The number of nitrogens with zero attached hydrogens (tertiary/aromatic N) is 2. The number of hydrogen-bond donors (Lipinski definition) is 1. The Kier molecular flexibility index (Phi) is 2.25. The lowest BCUT2D eigenvalue weighted by Crippen LogP contribution is -2.37. The average molecular weight is 254 g/mol. The summed E-state index contributed by atoms with van der Waals surface area (Å²) in [6.07, 6.45) is 9.88. The monoisotopic (exact) mass is 254 g/mol. The highest BCUT2D eigenvalue weighted by molar-refractivity contribution is 5.47. The van der Waals surface area contributed by atoms with Crippen molar-refractivity contribution in [3.05, 3.63) is 47.5 Å². The summed E-state index contributed by atoms with van der Waals surface area (Å²) in [7, 11) is 0. The molecule has 1 aromatic heterocycles. The van der Waals surface area contributed by atoms with Crippen molar-refractivity contribution < 1.29 is 5.11 Å². The van der Waals surface area contributed by atoms with Crippen LogP contribution in [0, 0.1) is 0 Å². The van der Waals surface area contributed by atoms with E-state index >= 15 is 0 Å². The molecular weight excluding hydrogens is 236 g/mol. The number of aromatic hydroxyl groups is 1. The van der Waals surface area contributed by atoms with Gasteiger partial charge in [0.25, 0.3) is 0 Å². The topological polar surface area (TPSA) is 38.0 Å². The van der Waals surface area contributed by atoms with E-state index in [9.17, 15) is 5.11 Å². The van der Waals surface area contributed by atoms with Crippen molar-refractivity contribution in [1.82, 2.24) is 9.55 Å². The lowest BCUT2D eigenvalue weighted by atomic mass is 9.64. The standard InChI is InChI=1S/C16H18N2O/c19-13-5-4-12-3-1-6-16(14(12)9-13)7-2-8-18-11-17-10-15(16)18/h4-5,9-11,19H,1-3,6-8H2. The predicted molar refractivity (Wildman–Crippen MR) is 73.3 cm³/mol. The van der Waals surface area contributed by atoms with Crippen LogP contribution in [0.15, 0.2) is 30.7 Å². The largest absolute Gasteiger partial charge is 0.508 e. The van der Waals surface area contributed by atoms with E-state index in [1.165, 1.54) is 42.5 Å². The van der Waals surface area contributed by atoms with Crippen LogP contribution < -0.4 is 0 Å². The molecule has 2 aromatic rings. The molecule has 0 fully saturated rings. The maximum atomic E-state index is 9.88. The van der Waals surface area contributed by atoms with Gasteiger partial charge in [-0.2, -0.15) is 0 Å². The van der Waals surface area contributed by atoms with Gasteiger partial charge in [-0.15, -0.1) is 0 Å². The summed E-state index contributed by atoms with van der Waals surface area (Å²) in [5.41, 5.74) is 4.16. The molecule has 1 aromatic carbocycles. The Morgan fingerprint density at radius 1 is 1.21 bits per heavy atom. The Morgan fingerprint density at radius 3 is 3.05 bits per heavy atom. The molecule has 0 saturated carbocycles. The van der Waals surface area contributed by atoms with Crippen molar-refractivity contribution in [3.63, 3.8) is 0 Å². The number of aromatic nitrogens is 2. The molecule has 0 saturated heterocycles. The van der Waals surface area contributed by atoms with E-state index in [4.69, 9.17) is 0 Å². The Labute approximate surface area is 112 Å². The Morgan fingerprint density at radius 2 is 2.11 bits per heavy atom. The third-order valence-corrected chi connectivity index (χ3v) is 4.86. The Balaban J connectivity index is 1.97. The van der Waals surface area contributed by atoms with Crippen molar-refractivity contribution in [2.24, 2.45) is 0 Å². The van der Waals surface area contributed by atoms with Crippen LogP contribution in [0.3, 0.4) is 0 Å². The van der Waals surface area contributed by atoms with E-state index < -0.39 is 0 Å². The van der Waals surface area contributed by atoms with Crippen LogP contribution in [-0.4, -0.2) is 14.7 Å². The molecule has 1 aliphatic carbocycles. The number of fused-ring (bicyclic) bond motifs is 4. The first-order valence-electron chi connectivity index (χ1n) is 7.13. The minimum absolute atomic E-state index is 0.0844. The van der Waals surface area contributed by atoms with Crippen molar-refractivity contribution in [2.45, 2.75) is 44.1 Å². The van der Waals surface area contributed by atoms with Gasteiger partial charge in [-0.1, -0.05) is 6.07 Å². The SMILES string of the molecule is Oc1ccc2c(c1)C1(CCC2)CCCn2cncc21. The molecular formula is C16H18N2O. The van der Waals surface area contributed by atoms with Crippen molar-refractivity contribution in [1.29, 1.82) is 0 Å². The molecule has 0 radical (unpaired) electrons. The summed E-state index contributed by atoms with van der Waals surface area (Å²) in [4.78, 5) is 4.35. The molecule has 4 rings (SSSR count). The van der Waals surface area contributed by atoms with E-state index in [1.54, 1.807) is 0 Å². The van der Waals surface area contributed by atoms with Crippen LogP contribution in [0.2, 0.25) is 0 Å². The van der Waals surface area contributed by atoms with Crippen LogP contribution >= 0.6 is 0 Å². The molecule has 19 heavy (non-hydrogen) atoms. The third-order valence-electron chi connectivity index (χ3n) is 4.86. The second-order valence-corrected chi connectivity index (χ2v) is 5.85. The zero-order valence-electron chi connectivity index (χ0n) is 11.0. The van der Waals surface area contributed by atoms with Gasteiger partial charge in [0.15, 0.2) is 0 Å². The summed E-state index contributed by atoms with van der Waals surface area (Å²) < 4.78 is 2.29. The molecule has 1 unspecified atom stereocenters. The molecule has 1 N–H and O–H groups in total. The summed E-state index contributed by atoms with van der Waals surface area (Å²) in [5, 5.41) is 9.88. The number of phenolic OH excluding ortho intramolecular Hbond substituents is 1. The van der Waals surface area contributed by atoms with Gasteiger partial charge in [0.2, 0.25) is 0 Å². The van der Waals surface area contributed by atoms with Crippen LogP contribution in [0.4, 0.5) is 0 Å². The molecule has 2 aliphatic rings. The molecule has 1 aliphatic heterocycles. The predicted octanol–water partition coefficient (Wildman–Crippen LogP) is 3.00. The molecule has 0 amide bonds. The molecule has 3 heteroatoms. The second-order valence-electron chi connectivity index (χ2n) is 5.85. The van der Waals surface area contributed by atoms with Gasteiger partial charge in [0.1, 0.15) is 5.75 Å². The molecule has 1 atom stereocenters. The van der Waals surface area contributed by atoms with E-state index in [2.05, 4.69) is 15.6 Å². The third kappa shape index (κ3) is 1.47. The van der Waals surface area contributed by atoms with Crippen LogP contribution in [0.25, 0.3) is 0 Å². The number of rotatable bonds is 0. The first-order valence-corrected chi connectivity index (χ1v) is 7.13. The summed E-state index contributed by atoms with van der Waals surface area (Å²) in [5.74, 6) is 0.386. The first kappa shape index (κ1) is 11.1. The van der Waals surface area contributed by atoms with Crippen molar-refractivity contribution in [2.75, 3.05) is 0 Å². The summed E-state index contributed by atoms with van der Waals surface area (Å²) >= 11 is 0. The second kappa shape index (κ2) is 3.86. The zero-order valence-corrected chi connectivity index (χ0v) is 11.0. The van der Waals surface area contributed by atoms with Gasteiger partial charge in [0.05, 0.1) is 6.33 Å². The Hall–Kier alpha value is -1.77. The smallest absolute Gasteiger partial charge is 0.115 e. The van der Waals surface area contributed by atoms with Crippen molar-refractivity contribution in [3.8, 4) is 5.75 Å². The number of phenols is 1. The normalized spacial score (nSPS) is 25.1. The lowest BCUT2D eigenvalue weighted by Gasteiger charge is -2.42. The summed E-state index contributed by atoms with van der Waals surface area (Å²) in [6.45, 7) is 1.07. The van der Waals surface area contributed by atoms with Gasteiger partial charge in [-0.3, -0.25) is 0 Å². The van der Waals surface area contributed by atoms with Gasteiger partial charge >= 0.3 is 0 Å². The molecule has 1 spiro atoms. The Bertz CT molecular complexity index is 627. The van der Waals surface area contributed by atoms with Crippen LogP contribution in [0.1, 0.15) is 42.5 Å². The zero-order chi connectivity index (χ0) is 12.9. The average Bonchev–Trinajstić information content (AvgIpc) is 2.90. The first-order chi connectivity index (χ1) is 9.29. The quantitative estimate of drug-likeness (QED) is 0.784. The molecule has 3 nitrogen and oxygen atoms in total. The number of benzene rings is 1. The van der Waals surface area contributed by atoms with Gasteiger partial charge in [-0.25, -0.2) is 4.98 Å². The summed E-state index contributed by atoms with van der Waals surface area (Å²) in [6, 6.07) is 5.90. The minimum atomic E-state index is 0.0844. The van der Waals surface area contributed by atoms with E-state index in [0.717, 1.165) is 13.0 Å². The minimum Gasteiger partial charge on any atom is -0.508 e. The number of hydrogen-bond acceptors (Lipinski definition) is 2. The highest BCUT2D eigenvalue weighted by Crippen LogP contribution is 2.48. The fraction of sp³-hybridized carbons (Fsp3) is 0.438. The van der Waals surface area contributed by atoms with Crippen LogP contribution in [-0.2, 0) is 18.4 Å². The maximum Gasteiger partial charge on any atom is 0.115 e. The van der Waals surface area contributed by atoms with E-state index in [1.807, 2.05) is 24.7 Å². The molecule has 98 valence electrons. The number of aryl methyl sites for hydroxylation is 2. The fourth-order valence-electron chi connectivity index (χ4n) is 4.05. The highest BCUT2D eigenvalue weighted by Gasteiger charge is 2.42. The van der Waals surface area contributed by atoms with Gasteiger partial charge < -0.3 is 9.67 Å². The van der Waals surface area contributed by atoms with Gasteiger partial charge in [-0.05, 0) is 55.4 Å². The maximum absolute atomic E-state index is 9.88. The van der Waals surface area contributed by atoms with Crippen LogP contribution in [0.5, 0.6) is 5.75 Å².